The molecule has 2 amide bonds. The Bertz CT molecular complexity index is 1410. The predicted octanol–water partition coefficient (Wildman–Crippen LogP) is 5.06. The first-order valence-corrected chi connectivity index (χ1v) is 15.1. The average Bonchev–Trinajstić information content (AvgIpc) is 2.96. The maximum absolute atomic E-state index is 13.9. The molecule has 220 valence electrons. The Kier molecular flexibility index (Phi) is 10.9. The molecule has 0 aliphatic rings. The number of aryl methyl sites for hydroxylation is 1. The van der Waals surface area contributed by atoms with Gasteiger partial charge in [-0.25, -0.2) is 12.8 Å². The smallest absolute Gasteiger partial charge is 0.264 e. The second-order valence-corrected chi connectivity index (χ2v) is 11.8. The van der Waals surface area contributed by atoms with Crippen LogP contribution in [0.25, 0.3) is 0 Å². The van der Waals surface area contributed by atoms with Crippen molar-refractivity contribution in [1.29, 1.82) is 0 Å². The number of hydrogen-bond acceptors (Lipinski definition) is 5. The van der Waals surface area contributed by atoms with E-state index in [0.717, 1.165) is 9.87 Å². The summed E-state index contributed by atoms with van der Waals surface area (Å²) in [5.74, 6) is -0.862. The van der Waals surface area contributed by atoms with Gasteiger partial charge >= 0.3 is 0 Å². The van der Waals surface area contributed by atoms with Crippen LogP contribution in [0.1, 0.15) is 45.2 Å². The lowest BCUT2D eigenvalue weighted by Gasteiger charge is -2.32. The van der Waals surface area contributed by atoms with Crippen LogP contribution in [0.4, 0.5) is 10.1 Å². The SMILES string of the molecule is CCOc1ccc(S(=O)(=O)N(CC(=O)N(Cc2ccc(F)cc2)[C@H](C)C(=O)N[C@H](C)CC)c2ccc(C)cc2)cc1. The molecule has 0 heterocycles. The highest BCUT2D eigenvalue weighted by atomic mass is 32.2. The van der Waals surface area contributed by atoms with Crippen molar-refractivity contribution >= 4 is 27.5 Å². The van der Waals surface area contributed by atoms with E-state index in [2.05, 4.69) is 5.32 Å². The summed E-state index contributed by atoms with van der Waals surface area (Å²) in [5.41, 5.74) is 1.82. The molecule has 3 rings (SSSR count). The highest BCUT2D eigenvalue weighted by Gasteiger charge is 2.32. The lowest BCUT2D eigenvalue weighted by molar-refractivity contribution is -0.139. The second-order valence-electron chi connectivity index (χ2n) is 9.89. The maximum atomic E-state index is 13.9. The molecule has 0 aliphatic heterocycles. The molecule has 2 atom stereocenters. The van der Waals surface area contributed by atoms with Crippen molar-refractivity contribution in [2.24, 2.45) is 0 Å². The quantitative estimate of drug-likeness (QED) is 0.304. The van der Waals surface area contributed by atoms with Gasteiger partial charge in [-0.05, 0) is 88.2 Å². The van der Waals surface area contributed by atoms with Crippen molar-refractivity contribution < 1.29 is 27.1 Å². The molecule has 8 nitrogen and oxygen atoms in total. The molecule has 0 spiro atoms. The van der Waals surface area contributed by atoms with Gasteiger partial charge in [0.25, 0.3) is 10.0 Å². The summed E-state index contributed by atoms with van der Waals surface area (Å²) in [5, 5.41) is 2.89. The summed E-state index contributed by atoms with van der Waals surface area (Å²) in [6.07, 6.45) is 0.700. The molecule has 0 aliphatic carbocycles. The molecule has 0 saturated carbocycles. The van der Waals surface area contributed by atoms with E-state index in [1.165, 1.54) is 41.3 Å². The Balaban J connectivity index is 2.01. The first kappa shape index (κ1) is 31.6. The van der Waals surface area contributed by atoms with Crippen molar-refractivity contribution in [3.63, 3.8) is 0 Å². The number of sulfonamides is 1. The summed E-state index contributed by atoms with van der Waals surface area (Å²) in [6, 6.07) is 17.4. The third-order valence-corrected chi connectivity index (χ3v) is 8.55. The molecule has 0 saturated heterocycles. The number of nitrogens with zero attached hydrogens (tertiary/aromatic N) is 2. The fourth-order valence-electron chi connectivity index (χ4n) is 4.08. The largest absolute Gasteiger partial charge is 0.494 e. The van der Waals surface area contributed by atoms with Gasteiger partial charge in [0.15, 0.2) is 0 Å². The molecule has 3 aromatic rings. The Morgan fingerprint density at radius 2 is 1.54 bits per heavy atom. The van der Waals surface area contributed by atoms with E-state index in [1.54, 1.807) is 43.3 Å². The number of rotatable bonds is 13. The molecule has 0 radical (unpaired) electrons. The zero-order chi connectivity index (χ0) is 30.2. The molecule has 0 bridgehead atoms. The number of carbonyl (C=O) groups is 2. The van der Waals surface area contributed by atoms with Crippen LogP contribution < -0.4 is 14.4 Å². The monoisotopic (exact) mass is 583 g/mol. The fourth-order valence-corrected chi connectivity index (χ4v) is 5.49. The van der Waals surface area contributed by atoms with Crippen LogP contribution in [0.3, 0.4) is 0 Å². The zero-order valence-corrected chi connectivity index (χ0v) is 24.9. The van der Waals surface area contributed by atoms with E-state index in [-0.39, 0.29) is 23.4 Å². The van der Waals surface area contributed by atoms with E-state index in [4.69, 9.17) is 4.74 Å². The molecule has 0 unspecified atom stereocenters. The minimum atomic E-state index is -4.19. The molecule has 0 aromatic heterocycles. The number of nitrogens with one attached hydrogen (secondary N) is 1. The topological polar surface area (TPSA) is 96.0 Å². The van der Waals surface area contributed by atoms with Gasteiger partial charge in [0.05, 0.1) is 17.2 Å². The minimum absolute atomic E-state index is 0.0121. The van der Waals surface area contributed by atoms with Crippen molar-refractivity contribution in [3.05, 3.63) is 89.7 Å². The molecule has 1 N–H and O–H groups in total. The first-order valence-electron chi connectivity index (χ1n) is 13.6. The zero-order valence-electron chi connectivity index (χ0n) is 24.1. The number of carbonyl (C=O) groups excluding carboxylic acids is 2. The number of hydrogen-bond donors (Lipinski definition) is 1. The van der Waals surface area contributed by atoms with Crippen LogP contribution >= 0.6 is 0 Å². The Hall–Kier alpha value is -3.92. The van der Waals surface area contributed by atoms with Gasteiger partial charge in [-0.2, -0.15) is 0 Å². The second kappa shape index (κ2) is 14.1. The minimum Gasteiger partial charge on any atom is -0.494 e. The van der Waals surface area contributed by atoms with Crippen LogP contribution in [0.15, 0.2) is 77.7 Å². The molecular weight excluding hydrogens is 545 g/mol. The van der Waals surface area contributed by atoms with Crippen molar-refractivity contribution in [3.8, 4) is 5.75 Å². The number of anilines is 1. The third-order valence-electron chi connectivity index (χ3n) is 6.76. The number of benzene rings is 3. The van der Waals surface area contributed by atoms with Crippen molar-refractivity contribution in [1.82, 2.24) is 10.2 Å². The van der Waals surface area contributed by atoms with E-state index < -0.39 is 34.3 Å². The van der Waals surface area contributed by atoms with E-state index in [0.29, 0.717) is 30.0 Å². The van der Waals surface area contributed by atoms with Crippen molar-refractivity contribution in [2.75, 3.05) is 17.5 Å². The van der Waals surface area contributed by atoms with Crippen LogP contribution in [0, 0.1) is 12.7 Å². The lowest BCUT2D eigenvalue weighted by Crippen LogP contribution is -2.52. The number of halogens is 1. The highest BCUT2D eigenvalue weighted by Crippen LogP contribution is 2.26. The van der Waals surface area contributed by atoms with Gasteiger partial charge in [-0.3, -0.25) is 13.9 Å². The van der Waals surface area contributed by atoms with Gasteiger partial charge in [-0.15, -0.1) is 0 Å². The fraction of sp³-hybridized carbons (Fsp3) is 0.355. The summed E-state index contributed by atoms with van der Waals surface area (Å²) >= 11 is 0. The third kappa shape index (κ3) is 8.29. The van der Waals surface area contributed by atoms with Crippen LogP contribution in [0.2, 0.25) is 0 Å². The van der Waals surface area contributed by atoms with Gasteiger partial charge in [0.2, 0.25) is 11.8 Å². The number of amides is 2. The van der Waals surface area contributed by atoms with Gasteiger partial charge in [0, 0.05) is 12.6 Å². The number of ether oxygens (including phenoxy) is 1. The van der Waals surface area contributed by atoms with Crippen LogP contribution in [-0.4, -0.2) is 50.4 Å². The normalized spacial score (nSPS) is 12.7. The highest BCUT2D eigenvalue weighted by molar-refractivity contribution is 7.92. The Labute approximate surface area is 242 Å². The predicted molar refractivity (Wildman–Crippen MR) is 158 cm³/mol. The molecular formula is C31H38FN3O5S. The maximum Gasteiger partial charge on any atom is 0.264 e. The summed E-state index contributed by atoms with van der Waals surface area (Å²) < 4.78 is 47.9. The van der Waals surface area contributed by atoms with Crippen molar-refractivity contribution in [2.45, 2.75) is 64.6 Å². The standard InChI is InChI=1S/C31H38FN3O5S/c1-6-23(4)33-31(37)24(5)34(20-25-10-12-26(32)13-11-25)30(36)21-35(27-14-8-22(3)9-15-27)41(38,39)29-18-16-28(17-19-29)40-7-2/h8-19,23-24H,6-7,20-21H2,1-5H3,(H,33,37)/t23-,24-/m1/s1. The van der Waals surface area contributed by atoms with E-state index in [1.807, 2.05) is 27.7 Å². The van der Waals surface area contributed by atoms with Gasteiger partial charge < -0.3 is 15.0 Å². The first-order chi connectivity index (χ1) is 19.5. The lowest BCUT2D eigenvalue weighted by atomic mass is 10.1. The Morgan fingerprint density at radius 3 is 2.10 bits per heavy atom. The summed E-state index contributed by atoms with van der Waals surface area (Å²) in [6.45, 7) is 8.96. The molecule has 0 fully saturated rings. The van der Waals surface area contributed by atoms with Crippen LogP contribution in [0.5, 0.6) is 5.75 Å². The summed E-state index contributed by atoms with van der Waals surface area (Å²) in [7, 11) is -4.19. The van der Waals surface area contributed by atoms with E-state index in [9.17, 15) is 22.4 Å². The Morgan fingerprint density at radius 1 is 0.927 bits per heavy atom. The molecule has 10 heteroatoms. The molecule has 3 aromatic carbocycles. The average molecular weight is 584 g/mol. The van der Waals surface area contributed by atoms with E-state index >= 15 is 0 Å². The van der Waals surface area contributed by atoms with Crippen LogP contribution in [-0.2, 0) is 26.2 Å². The van der Waals surface area contributed by atoms with Gasteiger partial charge in [-0.1, -0.05) is 36.8 Å². The summed E-state index contributed by atoms with van der Waals surface area (Å²) in [4.78, 5) is 28.3. The molecule has 41 heavy (non-hydrogen) atoms. The van der Waals surface area contributed by atoms with Gasteiger partial charge in [0.1, 0.15) is 24.2 Å².